The maximum Gasteiger partial charge on any atom is 0.00793 e. The number of hydrogen-bond donors (Lipinski definition) is 1. The third-order valence-corrected chi connectivity index (χ3v) is 3.35. The highest BCUT2D eigenvalue weighted by atomic mass is 15.1. The second-order valence-electron chi connectivity index (χ2n) is 5.30. The van der Waals surface area contributed by atoms with Crippen molar-refractivity contribution in [2.24, 2.45) is 17.6 Å². The largest absolute Gasteiger partial charge is 0.327 e. The topological polar surface area (TPSA) is 29.3 Å². The van der Waals surface area contributed by atoms with Gasteiger partial charge in [-0.1, -0.05) is 20.3 Å². The molecule has 0 aromatic carbocycles. The molecule has 0 heterocycles. The minimum Gasteiger partial charge on any atom is -0.327 e. The Labute approximate surface area is 88.8 Å². The lowest BCUT2D eigenvalue weighted by Crippen LogP contribution is -2.35. The van der Waals surface area contributed by atoms with Crippen molar-refractivity contribution < 1.29 is 0 Å². The molecule has 2 unspecified atom stereocenters. The van der Waals surface area contributed by atoms with Gasteiger partial charge in [0.15, 0.2) is 0 Å². The maximum atomic E-state index is 6.06. The Bertz CT molecular complexity index is 156. The number of hydrogen-bond acceptors (Lipinski definition) is 2. The Morgan fingerprint density at radius 2 is 2.07 bits per heavy atom. The molecule has 2 N–H and O–H groups in total. The van der Waals surface area contributed by atoms with E-state index in [-0.39, 0.29) is 0 Å². The first-order chi connectivity index (χ1) is 6.59. The van der Waals surface area contributed by atoms with E-state index in [2.05, 4.69) is 25.8 Å². The molecule has 1 saturated carbocycles. The molecule has 2 atom stereocenters. The van der Waals surface area contributed by atoms with Crippen molar-refractivity contribution in [1.29, 1.82) is 0 Å². The van der Waals surface area contributed by atoms with Gasteiger partial charge in [0, 0.05) is 12.6 Å². The van der Waals surface area contributed by atoms with Crippen LogP contribution in [0.25, 0.3) is 0 Å². The Morgan fingerprint density at radius 3 is 2.57 bits per heavy atom. The van der Waals surface area contributed by atoms with Gasteiger partial charge in [-0.25, -0.2) is 0 Å². The minimum atomic E-state index is 0.469. The molecule has 0 spiro atoms. The van der Waals surface area contributed by atoms with Gasteiger partial charge in [0.1, 0.15) is 0 Å². The number of rotatable bonds is 5. The maximum absolute atomic E-state index is 6.06. The van der Waals surface area contributed by atoms with Crippen molar-refractivity contribution in [3.8, 4) is 0 Å². The first-order valence-electron chi connectivity index (χ1n) is 6.03. The average molecular weight is 198 g/mol. The third kappa shape index (κ3) is 3.97. The van der Waals surface area contributed by atoms with Crippen LogP contribution in [0, 0.1) is 11.8 Å². The fourth-order valence-electron chi connectivity index (χ4n) is 2.26. The second kappa shape index (κ2) is 5.72. The van der Waals surface area contributed by atoms with E-state index < -0.39 is 0 Å². The summed E-state index contributed by atoms with van der Waals surface area (Å²) in [4.78, 5) is 2.45. The normalized spacial score (nSPS) is 27.9. The first kappa shape index (κ1) is 12.0. The van der Waals surface area contributed by atoms with Gasteiger partial charge in [-0.3, -0.25) is 0 Å². The van der Waals surface area contributed by atoms with Crippen LogP contribution in [0.3, 0.4) is 0 Å². The molecule has 1 aliphatic rings. The van der Waals surface area contributed by atoms with Crippen LogP contribution >= 0.6 is 0 Å². The summed E-state index contributed by atoms with van der Waals surface area (Å²) in [6.45, 7) is 7.00. The van der Waals surface area contributed by atoms with E-state index in [1.807, 2.05) is 0 Å². The molecule has 0 radical (unpaired) electrons. The minimum absolute atomic E-state index is 0.469. The lowest BCUT2D eigenvalue weighted by Gasteiger charge is -2.24. The predicted octanol–water partition coefficient (Wildman–Crippen LogP) is 2.09. The zero-order valence-corrected chi connectivity index (χ0v) is 10.00. The van der Waals surface area contributed by atoms with Crippen LogP contribution in [-0.2, 0) is 0 Å². The van der Waals surface area contributed by atoms with E-state index in [1.54, 1.807) is 0 Å². The molecule has 1 aliphatic carbocycles. The molecule has 2 heteroatoms. The van der Waals surface area contributed by atoms with E-state index >= 15 is 0 Å². The van der Waals surface area contributed by atoms with Crippen molar-refractivity contribution in [1.82, 2.24) is 4.90 Å². The summed E-state index contributed by atoms with van der Waals surface area (Å²) in [5.41, 5.74) is 6.06. The fraction of sp³-hybridized carbons (Fsp3) is 1.00. The lowest BCUT2D eigenvalue weighted by molar-refractivity contribution is 0.253. The molecule has 84 valence electrons. The molecule has 14 heavy (non-hydrogen) atoms. The molecule has 1 fully saturated rings. The van der Waals surface area contributed by atoms with Crippen LogP contribution in [-0.4, -0.2) is 31.1 Å². The monoisotopic (exact) mass is 198 g/mol. The standard InChI is InChI=1S/C12H26N2/c1-10(2)7-8-14(3)9-11-5-4-6-12(11)13/h10-12H,4-9,13H2,1-3H3. The summed E-state index contributed by atoms with van der Waals surface area (Å²) in [6.07, 6.45) is 5.22. The Kier molecular flexibility index (Phi) is 4.90. The van der Waals surface area contributed by atoms with E-state index in [0.717, 1.165) is 11.8 Å². The highest BCUT2D eigenvalue weighted by molar-refractivity contribution is 4.81. The van der Waals surface area contributed by atoms with Crippen LogP contribution in [0.1, 0.15) is 39.5 Å². The van der Waals surface area contributed by atoms with Gasteiger partial charge >= 0.3 is 0 Å². The molecule has 0 saturated heterocycles. The van der Waals surface area contributed by atoms with Crippen LogP contribution < -0.4 is 5.73 Å². The van der Waals surface area contributed by atoms with Crippen molar-refractivity contribution in [2.45, 2.75) is 45.6 Å². The predicted molar refractivity (Wildman–Crippen MR) is 62.3 cm³/mol. The zero-order chi connectivity index (χ0) is 10.6. The van der Waals surface area contributed by atoms with Crippen LogP contribution in [0.15, 0.2) is 0 Å². The SMILES string of the molecule is CC(C)CCN(C)CC1CCCC1N. The molecule has 1 rings (SSSR count). The van der Waals surface area contributed by atoms with Crippen molar-refractivity contribution >= 4 is 0 Å². The summed E-state index contributed by atoms with van der Waals surface area (Å²) < 4.78 is 0. The van der Waals surface area contributed by atoms with E-state index in [9.17, 15) is 0 Å². The lowest BCUT2D eigenvalue weighted by atomic mass is 10.0. The highest BCUT2D eigenvalue weighted by Gasteiger charge is 2.24. The van der Waals surface area contributed by atoms with Crippen LogP contribution in [0.5, 0.6) is 0 Å². The number of nitrogens with zero attached hydrogens (tertiary/aromatic N) is 1. The summed E-state index contributed by atoms with van der Waals surface area (Å²) in [5.74, 6) is 1.57. The van der Waals surface area contributed by atoms with Crippen molar-refractivity contribution in [3.05, 3.63) is 0 Å². The second-order valence-corrected chi connectivity index (χ2v) is 5.30. The summed E-state index contributed by atoms with van der Waals surface area (Å²) in [6, 6.07) is 0.469. The van der Waals surface area contributed by atoms with E-state index in [1.165, 1.54) is 38.8 Å². The Balaban J connectivity index is 2.16. The molecule has 0 aromatic heterocycles. The molecular weight excluding hydrogens is 172 g/mol. The van der Waals surface area contributed by atoms with Gasteiger partial charge in [-0.2, -0.15) is 0 Å². The molecule has 0 amide bonds. The summed E-state index contributed by atoms with van der Waals surface area (Å²) >= 11 is 0. The van der Waals surface area contributed by atoms with E-state index in [4.69, 9.17) is 5.73 Å². The van der Waals surface area contributed by atoms with E-state index in [0.29, 0.717) is 6.04 Å². The average Bonchev–Trinajstić information content (AvgIpc) is 2.49. The van der Waals surface area contributed by atoms with Crippen LogP contribution in [0.2, 0.25) is 0 Å². The Hall–Kier alpha value is -0.0800. The summed E-state index contributed by atoms with van der Waals surface area (Å²) in [5, 5.41) is 0. The quantitative estimate of drug-likeness (QED) is 0.733. The van der Waals surface area contributed by atoms with Crippen molar-refractivity contribution in [3.63, 3.8) is 0 Å². The third-order valence-electron chi connectivity index (χ3n) is 3.35. The Morgan fingerprint density at radius 1 is 1.36 bits per heavy atom. The van der Waals surface area contributed by atoms with Gasteiger partial charge in [0.05, 0.1) is 0 Å². The first-order valence-corrected chi connectivity index (χ1v) is 6.03. The van der Waals surface area contributed by atoms with Gasteiger partial charge in [0.2, 0.25) is 0 Å². The molecule has 0 bridgehead atoms. The van der Waals surface area contributed by atoms with Crippen LogP contribution in [0.4, 0.5) is 0 Å². The van der Waals surface area contributed by atoms with Crippen molar-refractivity contribution in [2.75, 3.05) is 20.1 Å². The summed E-state index contributed by atoms with van der Waals surface area (Å²) in [7, 11) is 2.23. The van der Waals surface area contributed by atoms with Gasteiger partial charge < -0.3 is 10.6 Å². The molecule has 0 aromatic rings. The molecule has 0 aliphatic heterocycles. The highest BCUT2D eigenvalue weighted by Crippen LogP contribution is 2.24. The van der Waals surface area contributed by atoms with Gasteiger partial charge in [-0.05, 0) is 44.7 Å². The molecular formula is C12H26N2. The number of nitrogens with two attached hydrogens (primary N) is 1. The van der Waals surface area contributed by atoms with Gasteiger partial charge in [-0.15, -0.1) is 0 Å². The fourth-order valence-corrected chi connectivity index (χ4v) is 2.26. The smallest absolute Gasteiger partial charge is 0.00793 e. The van der Waals surface area contributed by atoms with Gasteiger partial charge in [0.25, 0.3) is 0 Å². The zero-order valence-electron chi connectivity index (χ0n) is 10.00. The molecule has 2 nitrogen and oxygen atoms in total.